The molecule has 1 aliphatic carbocycles. The molecular weight excluding hydrogens is 755 g/mol. The average molecular weight is 817 g/mol. The number of imide groups is 1. The van der Waals surface area contributed by atoms with Crippen LogP contribution in [0, 0.1) is 5.41 Å². The zero-order valence-corrected chi connectivity index (χ0v) is 36.5. The van der Waals surface area contributed by atoms with E-state index in [4.69, 9.17) is 4.84 Å². The van der Waals surface area contributed by atoms with Crippen LogP contribution in [-0.2, 0) is 39.6 Å². The quantitative estimate of drug-likeness (QED) is 0.0767. The van der Waals surface area contributed by atoms with Crippen molar-refractivity contribution in [3.63, 3.8) is 0 Å². The minimum atomic E-state index is -1.41. The molecule has 3 heterocycles. The number of hydrogen-bond donors (Lipinski definition) is 2. The number of fused-ring (bicyclic) bond motifs is 2. The Morgan fingerprint density at radius 3 is 2.13 bits per heavy atom. The van der Waals surface area contributed by atoms with Crippen LogP contribution in [0.5, 0.6) is 0 Å². The lowest BCUT2D eigenvalue weighted by molar-refractivity contribution is -0.433. The molecule has 6 rings (SSSR count). The first-order valence-corrected chi connectivity index (χ1v) is 21.7. The highest BCUT2D eigenvalue weighted by molar-refractivity contribution is 6.07. The van der Waals surface area contributed by atoms with Gasteiger partial charge in [0.05, 0.1) is 5.41 Å². The van der Waals surface area contributed by atoms with E-state index < -0.39 is 23.2 Å². The lowest BCUT2D eigenvalue weighted by Gasteiger charge is -2.35. The fourth-order valence-corrected chi connectivity index (χ4v) is 9.23. The minimum absolute atomic E-state index is 0.0339. The molecule has 60 heavy (non-hydrogen) atoms. The summed E-state index contributed by atoms with van der Waals surface area (Å²) in [7, 11) is 0. The highest BCUT2D eigenvalue weighted by atomic mass is 16.7. The van der Waals surface area contributed by atoms with Gasteiger partial charge in [-0.3, -0.25) is 19.2 Å². The highest BCUT2D eigenvalue weighted by Crippen LogP contribution is 2.48. The maximum Gasteiger partial charge on any atom is 0.333 e. The van der Waals surface area contributed by atoms with E-state index in [1.54, 1.807) is 0 Å². The van der Waals surface area contributed by atoms with Gasteiger partial charge in [0.1, 0.15) is 12.0 Å². The summed E-state index contributed by atoms with van der Waals surface area (Å²) >= 11 is 0. The lowest BCUT2D eigenvalue weighted by Crippen LogP contribution is -2.53. The number of unbranched alkanes of at least 4 members (excludes halogenated alkanes) is 2. The Kier molecular flexibility index (Phi) is 13.5. The highest BCUT2D eigenvalue weighted by Gasteiger charge is 2.49. The summed E-state index contributed by atoms with van der Waals surface area (Å²) in [5.41, 5.74) is 7.08. The first-order chi connectivity index (χ1) is 28.7. The minimum Gasteiger partial charge on any atom is -0.355 e. The molecule has 0 spiro atoms. The van der Waals surface area contributed by atoms with Gasteiger partial charge in [-0.2, -0.15) is 4.58 Å². The summed E-state index contributed by atoms with van der Waals surface area (Å²) < 4.78 is 2.34. The van der Waals surface area contributed by atoms with E-state index in [-0.39, 0.29) is 54.7 Å². The molecule has 4 amide bonds. The summed E-state index contributed by atoms with van der Waals surface area (Å²) in [5, 5.41) is 6.74. The maximum atomic E-state index is 14.6. The standard InChI is InChI=1S/C49H61N5O6/c1-8-29-50-45(58)49(46(59)51-30-17-11-12-22-44(57)60-54-42(55)27-28-43(54)56)32-34(23-25-40-47(4,5)36-18-13-15-20-38(36)52(40)9-2)31-35(33-49)24-26-41-48(6,7)37-19-14-16-21-39(37)53(41)10-3/h13-16,18-21,23-26,31H,8-12,17,22,27-30,32-33H2,1-7H3,(H-,50,51,58,59)/p+1. The van der Waals surface area contributed by atoms with Crippen molar-refractivity contribution in [2.24, 2.45) is 5.41 Å². The summed E-state index contributed by atoms with van der Waals surface area (Å²) in [6.07, 6.45) is 13.6. The number of anilines is 1. The zero-order valence-electron chi connectivity index (χ0n) is 36.5. The molecule has 11 nitrogen and oxygen atoms in total. The number of amides is 4. The number of para-hydroxylation sites is 2. The van der Waals surface area contributed by atoms with Crippen molar-refractivity contribution in [2.75, 3.05) is 31.1 Å². The van der Waals surface area contributed by atoms with Gasteiger partial charge in [0.25, 0.3) is 11.8 Å². The average Bonchev–Trinajstić information content (AvgIpc) is 3.76. The second-order valence-corrected chi connectivity index (χ2v) is 17.3. The largest absolute Gasteiger partial charge is 0.355 e. The van der Waals surface area contributed by atoms with Crippen LogP contribution in [0.2, 0.25) is 0 Å². The number of carbonyl (C=O) groups excluding carboxylic acids is 5. The molecule has 0 saturated carbocycles. The van der Waals surface area contributed by atoms with Crippen LogP contribution in [0.3, 0.4) is 0 Å². The SMILES string of the molecule is CCCNC(=O)C1(C(=O)NCCCCCC(=O)ON2C(=O)CCC2=O)CC(/C=C/C2=[N+](CC)c3ccccc3C2(C)C)=CC(=C/C=C2/N(CC)c3ccccc3C2(C)C)/C1. The molecule has 318 valence electrons. The lowest BCUT2D eigenvalue weighted by atomic mass is 9.70. The van der Waals surface area contributed by atoms with Crippen LogP contribution in [-0.4, -0.2) is 71.1 Å². The van der Waals surface area contributed by atoms with Crippen LogP contribution in [0.15, 0.2) is 95.8 Å². The van der Waals surface area contributed by atoms with Crippen molar-refractivity contribution < 1.29 is 33.4 Å². The maximum absolute atomic E-state index is 14.6. The van der Waals surface area contributed by atoms with E-state index in [9.17, 15) is 24.0 Å². The van der Waals surface area contributed by atoms with Gasteiger partial charge in [-0.05, 0) is 88.7 Å². The number of rotatable bonds is 16. The Hall–Kier alpha value is -5.58. The summed E-state index contributed by atoms with van der Waals surface area (Å²) in [6, 6.07) is 17.0. The summed E-state index contributed by atoms with van der Waals surface area (Å²) in [6.45, 7) is 17.6. The molecule has 1 atom stereocenters. The molecule has 1 unspecified atom stereocenters. The van der Waals surface area contributed by atoms with Gasteiger partial charge in [-0.15, -0.1) is 5.06 Å². The molecule has 3 aliphatic heterocycles. The van der Waals surface area contributed by atoms with Crippen molar-refractivity contribution >= 4 is 46.7 Å². The Balaban J connectivity index is 1.28. The van der Waals surface area contributed by atoms with E-state index in [0.29, 0.717) is 37.4 Å². The van der Waals surface area contributed by atoms with Gasteiger partial charge in [-0.1, -0.05) is 81.8 Å². The third-order valence-corrected chi connectivity index (χ3v) is 12.5. The van der Waals surface area contributed by atoms with Gasteiger partial charge < -0.3 is 20.4 Å². The van der Waals surface area contributed by atoms with E-state index in [2.05, 4.69) is 141 Å². The molecule has 4 aliphatic rings. The topological polar surface area (TPSA) is 128 Å². The Bertz CT molecular complexity index is 2180. The third-order valence-electron chi connectivity index (χ3n) is 12.5. The second kappa shape index (κ2) is 18.4. The molecule has 0 radical (unpaired) electrons. The molecule has 11 heteroatoms. The zero-order chi connectivity index (χ0) is 43.2. The van der Waals surface area contributed by atoms with Gasteiger partial charge >= 0.3 is 5.97 Å². The van der Waals surface area contributed by atoms with Gasteiger partial charge in [0, 0.05) is 73.4 Å². The third kappa shape index (κ3) is 8.67. The van der Waals surface area contributed by atoms with Crippen molar-refractivity contribution in [1.29, 1.82) is 0 Å². The Morgan fingerprint density at radius 1 is 0.783 bits per heavy atom. The van der Waals surface area contributed by atoms with Crippen molar-refractivity contribution in [3.8, 4) is 0 Å². The van der Waals surface area contributed by atoms with Crippen molar-refractivity contribution in [1.82, 2.24) is 15.7 Å². The first-order valence-electron chi connectivity index (χ1n) is 21.7. The fraction of sp³-hybridized carbons (Fsp3) is 0.469. The van der Waals surface area contributed by atoms with E-state index >= 15 is 0 Å². The van der Waals surface area contributed by atoms with E-state index in [0.717, 1.165) is 42.1 Å². The molecule has 2 N–H and O–H groups in total. The number of carbonyl (C=O) groups is 5. The summed E-state index contributed by atoms with van der Waals surface area (Å²) in [5.74, 6) is -2.29. The number of nitrogens with one attached hydrogen (secondary N) is 2. The van der Waals surface area contributed by atoms with Crippen LogP contribution >= 0.6 is 0 Å². The Labute approximate surface area is 355 Å². The number of nitrogens with zero attached hydrogens (tertiary/aromatic N) is 3. The molecule has 0 bridgehead atoms. The molecule has 0 aromatic heterocycles. The van der Waals surface area contributed by atoms with Crippen LogP contribution < -0.4 is 15.5 Å². The van der Waals surface area contributed by atoms with Gasteiger partial charge in [-0.25, -0.2) is 4.79 Å². The van der Waals surface area contributed by atoms with Crippen molar-refractivity contribution in [2.45, 2.75) is 117 Å². The first kappa shape index (κ1) is 44.0. The van der Waals surface area contributed by atoms with Crippen molar-refractivity contribution in [3.05, 3.63) is 107 Å². The molecular formula is C49H62N5O6+. The fourth-order valence-electron chi connectivity index (χ4n) is 9.23. The molecule has 1 saturated heterocycles. The van der Waals surface area contributed by atoms with Gasteiger partial charge in [0.15, 0.2) is 5.71 Å². The monoisotopic (exact) mass is 816 g/mol. The predicted molar refractivity (Wildman–Crippen MR) is 234 cm³/mol. The number of hydroxylamine groups is 2. The Morgan fingerprint density at radius 2 is 1.45 bits per heavy atom. The van der Waals surface area contributed by atoms with Gasteiger partial charge in [0.2, 0.25) is 17.5 Å². The van der Waals surface area contributed by atoms with E-state index in [1.165, 1.54) is 22.5 Å². The normalized spacial score (nSPS) is 21.8. The van der Waals surface area contributed by atoms with Crippen LogP contribution in [0.4, 0.5) is 11.4 Å². The second-order valence-electron chi connectivity index (χ2n) is 17.3. The predicted octanol–water partition coefficient (Wildman–Crippen LogP) is 7.78. The molecule has 1 fully saturated rings. The number of benzene rings is 2. The molecule has 2 aromatic carbocycles. The smallest absolute Gasteiger partial charge is 0.333 e. The summed E-state index contributed by atoms with van der Waals surface area (Å²) in [4.78, 5) is 72.3. The van der Waals surface area contributed by atoms with E-state index in [1.807, 2.05) is 6.92 Å². The molecule has 2 aromatic rings. The van der Waals surface area contributed by atoms with Crippen LogP contribution in [0.25, 0.3) is 0 Å². The number of hydrogen-bond acceptors (Lipinski definition) is 7. The number of likely N-dealkylation sites (N-methyl/N-ethyl adjacent to an activating group) is 1. The van der Waals surface area contributed by atoms with Crippen LogP contribution in [0.1, 0.15) is 117 Å². The number of allylic oxidation sites excluding steroid dienone is 8.